The third kappa shape index (κ3) is 4.00. The van der Waals surface area contributed by atoms with Crippen molar-refractivity contribution in [1.82, 2.24) is 4.90 Å². The van der Waals surface area contributed by atoms with Crippen molar-refractivity contribution >= 4 is 0 Å². The Labute approximate surface area is 110 Å². The molecule has 0 bridgehead atoms. The van der Waals surface area contributed by atoms with E-state index in [1.54, 1.807) is 0 Å². The molecule has 1 saturated heterocycles. The number of nitrogens with zero attached hydrogens (tertiary/aromatic N) is 1. The van der Waals surface area contributed by atoms with Crippen LogP contribution in [0.5, 0.6) is 5.75 Å². The van der Waals surface area contributed by atoms with Crippen molar-refractivity contribution in [2.75, 3.05) is 13.1 Å². The van der Waals surface area contributed by atoms with Crippen molar-refractivity contribution < 1.29 is 4.74 Å². The molecule has 3 heteroatoms. The van der Waals surface area contributed by atoms with E-state index in [1.807, 2.05) is 6.07 Å². The Balaban J connectivity index is 1.96. The Morgan fingerprint density at radius 1 is 1.44 bits per heavy atom. The standard InChI is InChI=1S/C15H24N2O/c1-12(2)18-15-7-3-5-13(9-15)10-17-8-4-6-14(16)11-17/h3,5,7,9,12,14H,4,6,8,10-11,16H2,1-2H3. The fourth-order valence-electron chi connectivity index (χ4n) is 2.48. The number of likely N-dealkylation sites (tertiary alicyclic amines) is 1. The first-order chi connectivity index (χ1) is 8.63. The number of piperidine rings is 1. The SMILES string of the molecule is CC(C)Oc1cccc(CN2CCCC(N)C2)c1. The topological polar surface area (TPSA) is 38.5 Å². The van der Waals surface area contributed by atoms with Crippen molar-refractivity contribution in [3.05, 3.63) is 29.8 Å². The Morgan fingerprint density at radius 2 is 2.28 bits per heavy atom. The molecule has 1 aliphatic rings. The number of hydrogen-bond acceptors (Lipinski definition) is 3. The van der Waals surface area contributed by atoms with Gasteiger partial charge in [0.05, 0.1) is 6.10 Å². The maximum Gasteiger partial charge on any atom is 0.120 e. The third-order valence-electron chi connectivity index (χ3n) is 3.22. The van der Waals surface area contributed by atoms with Crippen LogP contribution in [0.3, 0.4) is 0 Å². The van der Waals surface area contributed by atoms with Gasteiger partial charge in [0, 0.05) is 19.1 Å². The molecule has 100 valence electrons. The average Bonchev–Trinajstić information content (AvgIpc) is 2.28. The van der Waals surface area contributed by atoms with Gasteiger partial charge in [-0.2, -0.15) is 0 Å². The van der Waals surface area contributed by atoms with E-state index in [1.165, 1.54) is 12.0 Å². The average molecular weight is 248 g/mol. The lowest BCUT2D eigenvalue weighted by Gasteiger charge is -2.30. The van der Waals surface area contributed by atoms with E-state index in [2.05, 4.69) is 36.9 Å². The maximum absolute atomic E-state index is 6.01. The van der Waals surface area contributed by atoms with Crippen LogP contribution in [-0.2, 0) is 6.54 Å². The van der Waals surface area contributed by atoms with Crippen LogP contribution in [0.4, 0.5) is 0 Å². The monoisotopic (exact) mass is 248 g/mol. The summed E-state index contributed by atoms with van der Waals surface area (Å²) in [5.41, 5.74) is 7.32. The number of ether oxygens (including phenoxy) is 1. The molecule has 0 spiro atoms. The lowest BCUT2D eigenvalue weighted by atomic mass is 10.1. The second kappa shape index (κ2) is 6.21. The maximum atomic E-state index is 6.01. The molecule has 2 rings (SSSR count). The van der Waals surface area contributed by atoms with Crippen molar-refractivity contribution in [2.24, 2.45) is 5.73 Å². The summed E-state index contributed by atoms with van der Waals surface area (Å²) >= 11 is 0. The molecule has 1 heterocycles. The van der Waals surface area contributed by atoms with Gasteiger partial charge in [-0.25, -0.2) is 0 Å². The van der Waals surface area contributed by atoms with Gasteiger partial charge in [0.2, 0.25) is 0 Å². The Kier molecular flexibility index (Phi) is 4.61. The number of hydrogen-bond donors (Lipinski definition) is 1. The van der Waals surface area contributed by atoms with Gasteiger partial charge in [-0.15, -0.1) is 0 Å². The summed E-state index contributed by atoms with van der Waals surface area (Å²) in [6.45, 7) is 7.24. The molecular weight excluding hydrogens is 224 g/mol. The van der Waals surface area contributed by atoms with Crippen LogP contribution in [0.1, 0.15) is 32.3 Å². The van der Waals surface area contributed by atoms with Gasteiger partial charge in [0.25, 0.3) is 0 Å². The van der Waals surface area contributed by atoms with Crippen LogP contribution in [0, 0.1) is 0 Å². The highest BCUT2D eigenvalue weighted by Gasteiger charge is 2.16. The molecule has 0 aromatic heterocycles. The minimum atomic E-state index is 0.226. The highest BCUT2D eigenvalue weighted by atomic mass is 16.5. The van der Waals surface area contributed by atoms with E-state index in [-0.39, 0.29) is 6.10 Å². The first kappa shape index (κ1) is 13.4. The lowest BCUT2D eigenvalue weighted by Crippen LogP contribution is -2.42. The van der Waals surface area contributed by atoms with Crippen molar-refractivity contribution in [3.8, 4) is 5.75 Å². The first-order valence-electron chi connectivity index (χ1n) is 6.87. The molecule has 1 aromatic carbocycles. The fraction of sp³-hybridized carbons (Fsp3) is 0.600. The van der Waals surface area contributed by atoms with E-state index >= 15 is 0 Å². The summed E-state index contributed by atoms with van der Waals surface area (Å²) in [4.78, 5) is 2.43. The van der Waals surface area contributed by atoms with E-state index in [4.69, 9.17) is 10.5 Å². The summed E-state index contributed by atoms with van der Waals surface area (Å²) < 4.78 is 5.72. The molecule has 1 aromatic rings. The van der Waals surface area contributed by atoms with Crippen LogP contribution in [0.2, 0.25) is 0 Å². The van der Waals surface area contributed by atoms with Gasteiger partial charge >= 0.3 is 0 Å². The third-order valence-corrected chi connectivity index (χ3v) is 3.22. The molecule has 3 nitrogen and oxygen atoms in total. The number of nitrogens with two attached hydrogens (primary N) is 1. The molecule has 1 unspecified atom stereocenters. The number of rotatable bonds is 4. The summed E-state index contributed by atoms with van der Waals surface area (Å²) in [5, 5.41) is 0. The van der Waals surface area contributed by atoms with Crippen molar-refractivity contribution in [3.63, 3.8) is 0 Å². The van der Waals surface area contributed by atoms with Crippen LogP contribution in [-0.4, -0.2) is 30.1 Å². The van der Waals surface area contributed by atoms with Crippen LogP contribution < -0.4 is 10.5 Å². The summed E-state index contributed by atoms with van der Waals surface area (Å²) in [7, 11) is 0. The van der Waals surface area contributed by atoms with E-state index in [9.17, 15) is 0 Å². The van der Waals surface area contributed by atoms with E-state index in [0.717, 1.165) is 31.8 Å². The zero-order valence-corrected chi connectivity index (χ0v) is 11.4. The fourth-order valence-corrected chi connectivity index (χ4v) is 2.48. The first-order valence-corrected chi connectivity index (χ1v) is 6.87. The normalized spacial score (nSPS) is 21.2. The second-order valence-corrected chi connectivity index (χ2v) is 5.45. The van der Waals surface area contributed by atoms with Crippen LogP contribution in [0.25, 0.3) is 0 Å². The Morgan fingerprint density at radius 3 is 3.00 bits per heavy atom. The van der Waals surface area contributed by atoms with Gasteiger partial charge in [-0.05, 0) is 50.9 Å². The van der Waals surface area contributed by atoms with Crippen molar-refractivity contribution in [1.29, 1.82) is 0 Å². The van der Waals surface area contributed by atoms with Gasteiger partial charge in [-0.3, -0.25) is 4.90 Å². The smallest absolute Gasteiger partial charge is 0.120 e. The highest BCUT2D eigenvalue weighted by Crippen LogP contribution is 2.18. The zero-order chi connectivity index (χ0) is 13.0. The van der Waals surface area contributed by atoms with Gasteiger partial charge in [0.1, 0.15) is 5.75 Å². The summed E-state index contributed by atoms with van der Waals surface area (Å²) in [6, 6.07) is 8.73. The molecule has 1 atom stereocenters. The van der Waals surface area contributed by atoms with Gasteiger partial charge in [-0.1, -0.05) is 12.1 Å². The molecule has 0 radical (unpaired) electrons. The molecule has 0 amide bonds. The molecular formula is C15H24N2O. The molecule has 1 fully saturated rings. The second-order valence-electron chi connectivity index (χ2n) is 5.45. The van der Waals surface area contributed by atoms with Crippen molar-refractivity contribution in [2.45, 2.75) is 45.4 Å². The Hall–Kier alpha value is -1.06. The summed E-state index contributed by atoms with van der Waals surface area (Å²) in [6.07, 6.45) is 2.60. The van der Waals surface area contributed by atoms with Gasteiger partial charge in [0.15, 0.2) is 0 Å². The molecule has 18 heavy (non-hydrogen) atoms. The minimum Gasteiger partial charge on any atom is -0.491 e. The summed E-state index contributed by atoms with van der Waals surface area (Å²) in [5.74, 6) is 0.962. The quantitative estimate of drug-likeness (QED) is 0.889. The van der Waals surface area contributed by atoms with Crippen LogP contribution in [0.15, 0.2) is 24.3 Å². The predicted molar refractivity (Wildman–Crippen MR) is 74.7 cm³/mol. The lowest BCUT2D eigenvalue weighted by molar-refractivity contribution is 0.200. The largest absolute Gasteiger partial charge is 0.491 e. The molecule has 0 aliphatic carbocycles. The predicted octanol–water partition coefficient (Wildman–Crippen LogP) is 2.40. The molecule has 2 N–H and O–H groups in total. The van der Waals surface area contributed by atoms with Gasteiger partial charge < -0.3 is 10.5 Å². The molecule has 0 saturated carbocycles. The highest BCUT2D eigenvalue weighted by molar-refractivity contribution is 5.28. The number of benzene rings is 1. The van der Waals surface area contributed by atoms with Crippen LogP contribution >= 0.6 is 0 Å². The molecule has 1 aliphatic heterocycles. The zero-order valence-electron chi connectivity index (χ0n) is 11.4. The Bertz CT molecular complexity index is 379. The minimum absolute atomic E-state index is 0.226. The van der Waals surface area contributed by atoms with E-state index < -0.39 is 0 Å². The van der Waals surface area contributed by atoms with E-state index in [0.29, 0.717) is 6.04 Å².